The number of Topliss-reactive ketones (excluding diaryl/α,β-unsaturated/α-hetero) is 1. The average molecular weight is 189 g/mol. The molecule has 0 aromatic heterocycles. The van der Waals surface area contributed by atoms with Crippen LogP contribution in [0.3, 0.4) is 0 Å². The molecule has 2 aliphatic rings. The zero-order valence-electron chi connectivity index (χ0n) is 7.72. The molecule has 72 valence electrons. The molecule has 1 aliphatic carbocycles. The number of allylic oxidation sites excluding steroid dienone is 2. The molecule has 14 heavy (non-hydrogen) atoms. The Kier molecular flexibility index (Phi) is 2.08. The van der Waals surface area contributed by atoms with Gasteiger partial charge in [0.15, 0.2) is 0 Å². The fourth-order valence-electron chi connectivity index (χ4n) is 1.90. The third-order valence-electron chi connectivity index (χ3n) is 2.57. The quantitative estimate of drug-likeness (QED) is 0.473. The molecule has 1 heterocycles. The Labute approximate surface area is 82.4 Å². The summed E-state index contributed by atoms with van der Waals surface area (Å²) in [5, 5.41) is 0. The molecule has 0 N–H and O–H groups in total. The van der Waals surface area contributed by atoms with E-state index in [0.29, 0.717) is 6.54 Å². The van der Waals surface area contributed by atoms with Gasteiger partial charge >= 0.3 is 0 Å². The van der Waals surface area contributed by atoms with Crippen LogP contribution in [0.25, 0.3) is 0 Å². The third kappa shape index (κ3) is 1.13. The van der Waals surface area contributed by atoms with Crippen LogP contribution in [0.2, 0.25) is 0 Å². The summed E-state index contributed by atoms with van der Waals surface area (Å²) in [4.78, 5) is 24.6. The summed E-state index contributed by atoms with van der Waals surface area (Å²) >= 11 is 0. The van der Waals surface area contributed by atoms with Crippen LogP contribution in [0.1, 0.15) is 0 Å². The van der Waals surface area contributed by atoms with Crippen LogP contribution in [-0.2, 0) is 9.59 Å². The van der Waals surface area contributed by atoms with Crippen LogP contribution in [0.4, 0.5) is 0 Å². The lowest BCUT2D eigenvalue weighted by molar-refractivity contribution is -0.140. The molecule has 3 nitrogen and oxygen atoms in total. The maximum absolute atomic E-state index is 11.5. The van der Waals surface area contributed by atoms with Crippen LogP contribution >= 0.6 is 0 Å². The van der Waals surface area contributed by atoms with Crippen molar-refractivity contribution in [1.29, 1.82) is 0 Å². The van der Waals surface area contributed by atoms with Crippen molar-refractivity contribution in [1.82, 2.24) is 4.90 Å². The fourth-order valence-corrected chi connectivity index (χ4v) is 1.90. The van der Waals surface area contributed by atoms with Gasteiger partial charge in [-0.3, -0.25) is 9.59 Å². The van der Waals surface area contributed by atoms with Crippen LogP contribution in [0.5, 0.6) is 0 Å². The van der Waals surface area contributed by atoms with E-state index in [-0.39, 0.29) is 17.7 Å². The summed E-state index contributed by atoms with van der Waals surface area (Å²) in [5.41, 5.74) is 0. The zero-order valence-corrected chi connectivity index (χ0v) is 7.72. The van der Waals surface area contributed by atoms with Crippen molar-refractivity contribution in [3.8, 4) is 0 Å². The highest BCUT2D eigenvalue weighted by Crippen LogP contribution is 2.27. The summed E-state index contributed by atoms with van der Waals surface area (Å²) in [6.07, 6.45) is 8.98. The molecular weight excluding hydrogens is 178 g/mol. The predicted octanol–water partition coefficient (Wildman–Crippen LogP) is 0.694. The molecule has 2 atom stereocenters. The van der Waals surface area contributed by atoms with Gasteiger partial charge in [-0.1, -0.05) is 30.4 Å². The molecule has 0 aromatic carbocycles. The van der Waals surface area contributed by atoms with Crippen molar-refractivity contribution in [3.05, 3.63) is 37.0 Å². The first-order valence-corrected chi connectivity index (χ1v) is 4.56. The van der Waals surface area contributed by atoms with Crippen molar-refractivity contribution in [2.45, 2.75) is 6.04 Å². The highest BCUT2D eigenvalue weighted by Gasteiger charge is 2.44. The zero-order chi connectivity index (χ0) is 10.1. The van der Waals surface area contributed by atoms with E-state index >= 15 is 0 Å². The monoisotopic (exact) mass is 189 g/mol. The van der Waals surface area contributed by atoms with Gasteiger partial charge < -0.3 is 4.90 Å². The van der Waals surface area contributed by atoms with E-state index in [4.69, 9.17) is 0 Å². The first-order chi connectivity index (χ1) is 6.75. The van der Waals surface area contributed by atoms with E-state index in [9.17, 15) is 9.59 Å². The van der Waals surface area contributed by atoms with Gasteiger partial charge in [0.25, 0.3) is 5.91 Å². The van der Waals surface area contributed by atoms with E-state index in [0.717, 1.165) is 0 Å². The number of fused-ring (bicyclic) bond motifs is 1. The lowest BCUT2D eigenvalue weighted by Crippen LogP contribution is -2.34. The molecule has 1 aliphatic heterocycles. The number of amides is 1. The Balaban J connectivity index is 2.32. The number of carbonyl (C=O) groups excluding carboxylic acids is 2. The number of hydrogen-bond donors (Lipinski definition) is 0. The summed E-state index contributed by atoms with van der Waals surface area (Å²) in [5.74, 6) is -0.985. The van der Waals surface area contributed by atoms with Crippen LogP contribution in [0, 0.1) is 5.92 Å². The number of hydrogen-bond acceptors (Lipinski definition) is 2. The number of ketones is 1. The smallest absolute Gasteiger partial charge is 0.291 e. The first-order valence-electron chi connectivity index (χ1n) is 4.56. The second-order valence-electron chi connectivity index (χ2n) is 3.40. The van der Waals surface area contributed by atoms with Gasteiger partial charge in [-0.15, -0.1) is 6.58 Å². The van der Waals surface area contributed by atoms with Crippen molar-refractivity contribution < 1.29 is 9.59 Å². The molecule has 0 radical (unpaired) electrons. The topological polar surface area (TPSA) is 37.4 Å². The van der Waals surface area contributed by atoms with Crippen molar-refractivity contribution >= 4 is 11.7 Å². The lowest BCUT2D eigenvalue weighted by Gasteiger charge is -2.22. The summed E-state index contributed by atoms with van der Waals surface area (Å²) in [6.45, 7) is 4.01. The second kappa shape index (κ2) is 3.25. The molecule has 0 bridgehead atoms. The molecule has 2 rings (SSSR count). The molecule has 1 amide bonds. The highest BCUT2D eigenvalue weighted by molar-refractivity contribution is 6.39. The largest absolute Gasteiger partial charge is 0.325 e. The van der Waals surface area contributed by atoms with Gasteiger partial charge in [-0.05, 0) is 0 Å². The summed E-state index contributed by atoms with van der Waals surface area (Å²) < 4.78 is 0. The fraction of sp³-hybridized carbons (Fsp3) is 0.273. The molecule has 3 heteroatoms. The Morgan fingerprint density at radius 2 is 2.07 bits per heavy atom. The Bertz CT molecular complexity index is 354. The van der Waals surface area contributed by atoms with Gasteiger partial charge in [-0.25, -0.2) is 0 Å². The maximum Gasteiger partial charge on any atom is 0.291 e. The standard InChI is InChI=1S/C11H11NO2/c1-2-7-12-9-6-4-3-5-8(9)10(13)11(12)14/h2-6,8-9H,1,7H2/t8-,9-/m1/s1. The first kappa shape index (κ1) is 8.94. The van der Waals surface area contributed by atoms with Crippen LogP contribution < -0.4 is 0 Å². The van der Waals surface area contributed by atoms with Crippen LogP contribution in [0.15, 0.2) is 37.0 Å². The third-order valence-corrected chi connectivity index (χ3v) is 2.57. The van der Waals surface area contributed by atoms with Gasteiger partial charge in [0.05, 0.1) is 12.0 Å². The normalized spacial score (nSPS) is 29.6. The average Bonchev–Trinajstić information content (AvgIpc) is 2.45. The second-order valence-corrected chi connectivity index (χ2v) is 3.40. The maximum atomic E-state index is 11.5. The number of nitrogens with zero attached hydrogens (tertiary/aromatic N) is 1. The predicted molar refractivity (Wildman–Crippen MR) is 52.5 cm³/mol. The molecule has 0 spiro atoms. The van der Waals surface area contributed by atoms with Gasteiger partial charge in [0.1, 0.15) is 0 Å². The van der Waals surface area contributed by atoms with E-state index in [1.165, 1.54) is 0 Å². The van der Waals surface area contributed by atoms with Crippen molar-refractivity contribution in [2.75, 3.05) is 6.54 Å². The summed E-state index contributed by atoms with van der Waals surface area (Å²) in [7, 11) is 0. The minimum absolute atomic E-state index is 0.0991. The summed E-state index contributed by atoms with van der Waals surface area (Å²) in [6, 6.07) is -0.0991. The molecule has 0 unspecified atom stereocenters. The van der Waals surface area contributed by atoms with Gasteiger partial charge in [-0.2, -0.15) is 0 Å². The number of rotatable bonds is 2. The van der Waals surface area contributed by atoms with E-state index < -0.39 is 5.91 Å². The van der Waals surface area contributed by atoms with E-state index in [1.54, 1.807) is 17.1 Å². The van der Waals surface area contributed by atoms with Crippen LogP contribution in [-0.4, -0.2) is 29.2 Å². The van der Waals surface area contributed by atoms with Crippen molar-refractivity contribution in [3.63, 3.8) is 0 Å². The van der Waals surface area contributed by atoms with E-state index in [1.807, 2.05) is 18.2 Å². The minimum atomic E-state index is -0.392. The Morgan fingerprint density at radius 3 is 2.79 bits per heavy atom. The van der Waals surface area contributed by atoms with Gasteiger partial charge in [0, 0.05) is 6.54 Å². The Hall–Kier alpha value is -1.64. The highest BCUT2D eigenvalue weighted by atomic mass is 16.2. The number of carbonyl (C=O) groups is 2. The number of likely N-dealkylation sites (tertiary alicyclic amines) is 1. The molecular formula is C11H11NO2. The molecule has 1 fully saturated rings. The van der Waals surface area contributed by atoms with E-state index in [2.05, 4.69) is 6.58 Å². The molecule has 1 saturated heterocycles. The SMILES string of the molecule is C=CCN1C(=O)C(=O)[C@@H]2C=CC=C[C@H]21. The lowest BCUT2D eigenvalue weighted by atomic mass is 9.95. The molecule has 0 aromatic rings. The Morgan fingerprint density at radius 1 is 1.36 bits per heavy atom. The van der Waals surface area contributed by atoms with Crippen molar-refractivity contribution in [2.24, 2.45) is 5.92 Å². The van der Waals surface area contributed by atoms with Gasteiger partial charge in [0.2, 0.25) is 5.78 Å². The molecule has 0 saturated carbocycles. The minimum Gasteiger partial charge on any atom is -0.325 e.